The van der Waals surface area contributed by atoms with Gasteiger partial charge in [-0.25, -0.2) is 0 Å². The van der Waals surface area contributed by atoms with Crippen LogP contribution in [0, 0.1) is 0 Å². The molecule has 120 valence electrons. The van der Waals surface area contributed by atoms with Crippen LogP contribution in [0.3, 0.4) is 0 Å². The maximum absolute atomic E-state index is 12.1. The Kier molecular flexibility index (Phi) is 4.96. The third kappa shape index (κ3) is 2.66. The molecule has 2 aromatic rings. The molecule has 2 rings (SSSR count). The maximum Gasteiger partial charge on any atom is 0.325 e. The zero-order chi connectivity index (χ0) is 16.9. The van der Waals surface area contributed by atoms with Crippen molar-refractivity contribution in [3.8, 4) is 0 Å². The highest BCUT2D eigenvalue weighted by Crippen LogP contribution is 2.45. The van der Waals surface area contributed by atoms with Gasteiger partial charge in [0.25, 0.3) is 0 Å². The quantitative estimate of drug-likeness (QED) is 0.771. The van der Waals surface area contributed by atoms with Crippen molar-refractivity contribution < 1.29 is 14.7 Å². The van der Waals surface area contributed by atoms with Gasteiger partial charge < -0.3 is 15.6 Å². The monoisotopic (exact) mass is 311 g/mol. The average Bonchev–Trinajstić information content (AvgIpc) is 2.58. The Bertz CT molecular complexity index is 630. The Labute approximate surface area is 136 Å². The molecule has 0 fully saturated rings. The van der Waals surface area contributed by atoms with Crippen molar-refractivity contribution in [2.24, 2.45) is 5.73 Å². The van der Waals surface area contributed by atoms with Crippen molar-refractivity contribution in [1.82, 2.24) is 0 Å². The number of nitrogens with two attached hydrogens (primary N) is 1. The van der Waals surface area contributed by atoms with E-state index in [1.54, 1.807) is 0 Å². The second-order valence-corrected chi connectivity index (χ2v) is 5.64. The van der Waals surface area contributed by atoms with Gasteiger partial charge in [-0.1, -0.05) is 67.6 Å². The second kappa shape index (κ2) is 6.75. The Morgan fingerprint density at radius 2 is 1.48 bits per heavy atom. The van der Waals surface area contributed by atoms with E-state index in [-0.39, 0.29) is 6.42 Å². The second-order valence-electron chi connectivity index (χ2n) is 5.64. The number of carbonyl (C=O) groups is 2. The molecule has 0 saturated heterocycles. The summed E-state index contributed by atoms with van der Waals surface area (Å²) in [6.45, 7) is 1.90. The van der Waals surface area contributed by atoms with Gasteiger partial charge in [-0.15, -0.1) is 0 Å². The molecule has 0 saturated carbocycles. The van der Waals surface area contributed by atoms with Crippen LogP contribution in [-0.4, -0.2) is 22.9 Å². The van der Waals surface area contributed by atoms with Gasteiger partial charge in [0.1, 0.15) is 11.8 Å². The van der Waals surface area contributed by atoms with E-state index in [4.69, 9.17) is 5.73 Å². The van der Waals surface area contributed by atoms with Gasteiger partial charge in [0.15, 0.2) is 0 Å². The van der Waals surface area contributed by atoms with Crippen molar-refractivity contribution in [2.45, 2.75) is 30.7 Å². The molecule has 0 aliphatic heterocycles. The van der Waals surface area contributed by atoms with Gasteiger partial charge in [0.2, 0.25) is 0 Å². The molecule has 0 spiro atoms. The number of benzene rings is 2. The molecular formula is C19H21NO3. The van der Waals surface area contributed by atoms with E-state index in [2.05, 4.69) is 0 Å². The van der Waals surface area contributed by atoms with Crippen LogP contribution in [0.2, 0.25) is 0 Å². The number of carboxylic acids is 1. The zero-order valence-electron chi connectivity index (χ0n) is 13.1. The van der Waals surface area contributed by atoms with Crippen LogP contribution in [-0.2, 0) is 15.0 Å². The topological polar surface area (TPSA) is 80.4 Å². The highest BCUT2D eigenvalue weighted by molar-refractivity contribution is 5.86. The molecule has 3 N–H and O–H groups in total. The third-order valence-electron chi connectivity index (χ3n) is 4.61. The van der Waals surface area contributed by atoms with Crippen LogP contribution in [0.5, 0.6) is 0 Å². The molecule has 4 heteroatoms. The predicted molar refractivity (Wildman–Crippen MR) is 89.2 cm³/mol. The number of aliphatic carboxylic acids is 1. The lowest BCUT2D eigenvalue weighted by Crippen LogP contribution is -2.64. The van der Waals surface area contributed by atoms with Crippen molar-refractivity contribution in [1.29, 1.82) is 0 Å². The summed E-state index contributed by atoms with van der Waals surface area (Å²) in [6, 6.07) is 18.6. The molecule has 1 atom stereocenters. The lowest BCUT2D eigenvalue weighted by molar-refractivity contribution is -0.147. The summed E-state index contributed by atoms with van der Waals surface area (Å²) in [4.78, 5) is 23.3. The van der Waals surface area contributed by atoms with E-state index in [0.29, 0.717) is 12.7 Å². The van der Waals surface area contributed by atoms with Gasteiger partial charge in [-0.05, 0) is 17.5 Å². The molecular weight excluding hydrogens is 290 g/mol. The summed E-state index contributed by atoms with van der Waals surface area (Å²) in [5.74, 6) is -1.18. The van der Waals surface area contributed by atoms with Crippen molar-refractivity contribution >= 4 is 12.3 Å². The first-order chi connectivity index (χ1) is 11.0. The first-order valence-electron chi connectivity index (χ1n) is 7.60. The van der Waals surface area contributed by atoms with E-state index >= 15 is 0 Å². The first kappa shape index (κ1) is 16.9. The molecule has 0 aromatic heterocycles. The minimum atomic E-state index is -1.73. The molecule has 2 aromatic carbocycles. The van der Waals surface area contributed by atoms with Crippen LogP contribution in [0.1, 0.15) is 30.9 Å². The highest BCUT2D eigenvalue weighted by Gasteiger charge is 2.55. The summed E-state index contributed by atoms with van der Waals surface area (Å²) in [7, 11) is 0. The van der Waals surface area contributed by atoms with Crippen molar-refractivity contribution in [2.75, 3.05) is 0 Å². The molecule has 4 nitrogen and oxygen atoms in total. The molecule has 0 heterocycles. The number of rotatable bonds is 7. The Morgan fingerprint density at radius 1 is 1.04 bits per heavy atom. The lowest BCUT2D eigenvalue weighted by Gasteiger charge is -2.45. The van der Waals surface area contributed by atoms with Gasteiger partial charge >= 0.3 is 5.97 Å². The van der Waals surface area contributed by atoms with E-state index in [1.807, 2.05) is 67.6 Å². The number of hydrogen-bond acceptors (Lipinski definition) is 3. The molecule has 0 radical (unpaired) electrons. The van der Waals surface area contributed by atoms with E-state index in [0.717, 1.165) is 11.1 Å². The Balaban J connectivity index is 2.83. The van der Waals surface area contributed by atoms with E-state index < -0.39 is 16.9 Å². The smallest absolute Gasteiger partial charge is 0.325 e. The number of carbonyl (C=O) groups excluding carboxylic acids is 1. The lowest BCUT2D eigenvalue weighted by atomic mass is 9.59. The van der Waals surface area contributed by atoms with Crippen LogP contribution in [0.25, 0.3) is 0 Å². The molecule has 0 bridgehead atoms. The van der Waals surface area contributed by atoms with E-state index in [1.165, 1.54) is 0 Å². The molecule has 0 amide bonds. The minimum absolute atomic E-state index is 0.264. The number of carboxylic acid groups (broad SMARTS) is 1. The summed E-state index contributed by atoms with van der Waals surface area (Å²) < 4.78 is 0. The fourth-order valence-corrected chi connectivity index (χ4v) is 3.43. The highest BCUT2D eigenvalue weighted by atomic mass is 16.4. The van der Waals surface area contributed by atoms with Crippen molar-refractivity contribution in [3.05, 3.63) is 71.8 Å². The van der Waals surface area contributed by atoms with E-state index in [9.17, 15) is 14.7 Å². The van der Waals surface area contributed by atoms with Crippen LogP contribution in [0.4, 0.5) is 0 Å². The molecule has 23 heavy (non-hydrogen) atoms. The van der Waals surface area contributed by atoms with Crippen LogP contribution >= 0.6 is 0 Å². The summed E-state index contributed by atoms with van der Waals surface area (Å²) in [5, 5.41) is 9.87. The number of aldehydes is 1. The fourth-order valence-electron chi connectivity index (χ4n) is 3.43. The van der Waals surface area contributed by atoms with Crippen LogP contribution < -0.4 is 5.73 Å². The van der Waals surface area contributed by atoms with Gasteiger partial charge in [-0.2, -0.15) is 0 Å². The van der Waals surface area contributed by atoms with Gasteiger partial charge in [0.05, 0.1) is 0 Å². The predicted octanol–water partition coefficient (Wildman–Crippen LogP) is 2.75. The largest absolute Gasteiger partial charge is 0.480 e. The Morgan fingerprint density at radius 3 is 1.78 bits per heavy atom. The van der Waals surface area contributed by atoms with Crippen LogP contribution in [0.15, 0.2) is 60.7 Å². The molecule has 0 aliphatic rings. The third-order valence-corrected chi connectivity index (χ3v) is 4.61. The summed E-state index contributed by atoms with van der Waals surface area (Å²) >= 11 is 0. The maximum atomic E-state index is 12.1. The summed E-state index contributed by atoms with van der Waals surface area (Å²) in [6.07, 6.45) is 0.780. The molecule has 0 aliphatic carbocycles. The zero-order valence-corrected chi connectivity index (χ0v) is 13.1. The Hall–Kier alpha value is -2.46. The number of hydrogen-bond donors (Lipinski definition) is 2. The standard InChI is InChI=1S/C19H21NO3/c1-2-18(15-9-5-3-6-10-15,16-11-7-4-8-12-16)19(20,13-14-21)17(22)23/h3-12,14H,2,13,20H2,1H3,(H,22,23). The first-order valence-corrected chi connectivity index (χ1v) is 7.60. The normalized spacial score (nSPS) is 14.0. The van der Waals surface area contributed by atoms with Gasteiger partial charge in [0, 0.05) is 11.8 Å². The van der Waals surface area contributed by atoms with Gasteiger partial charge in [-0.3, -0.25) is 4.79 Å². The fraction of sp³-hybridized carbons (Fsp3) is 0.263. The van der Waals surface area contributed by atoms with Crippen molar-refractivity contribution in [3.63, 3.8) is 0 Å². The minimum Gasteiger partial charge on any atom is -0.480 e. The SMILES string of the molecule is CCC(c1ccccc1)(c1ccccc1)C(N)(CC=O)C(=O)O. The summed E-state index contributed by atoms with van der Waals surface area (Å²) in [5.41, 5.74) is 5.23. The average molecular weight is 311 g/mol. The molecule has 1 unspecified atom stereocenters.